The summed E-state index contributed by atoms with van der Waals surface area (Å²) in [5.41, 5.74) is 1.37. The lowest BCUT2D eigenvalue weighted by atomic mass is 10.1. The second kappa shape index (κ2) is 3.29. The fourth-order valence-corrected chi connectivity index (χ4v) is 1.33. The van der Waals surface area contributed by atoms with Gasteiger partial charge in [-0.1, -0.05) is 6.92 Å². The molecule has 0 unspecified atom stereocenters. The third kappa shape index (κ3) is 1.46. The molecular weight excluding hydrogens is 148 g/mol. The highest BCUT2D eigenvalue weighted by Gasteiger charge is 2.17. The third-order valence-corrected chi connectivity index (χ3v) is 2.30. The van der Waals surface area contributed by atoms with Crippen LogP contribution in [0.25, 0.3) is 0 Å². The summed E-state index contributed by atoms with van der Waals surface area (Å²) in [5, 5.41) is 0. The first-order valence-electron chi connectivity index (χ1n) is 3.64. The average molecular weight is 161 g/mol. The lowest BCUT2D eigenvalue weighted by molar-refractivity contribution is 0.217. The minimum Gasteiger partial charge on any atom is -0.497 e. The van der Waals surface area contributed by atoms with E-state index in [9.17, 15) is 0 Å². The Hall–Kier alpha value is -0.170. The Morgan fingerprint density at radius 1 is 1.70 bits per heavy atom. The van der Waals surface area contributed by atoms with Crippen LogP contribution in [0, 0.1) is 5.92 Å². The van der Waals surface area contributed by atoms with Gasteiger partial charge in [-0.15, -0.1) is 11.6 Å². The highest BCUT2D eigenvalue weighted by atomic mass is 35.5. The first-order chi connectivity index (χ1) is 4.75. The van der Waals surface area contributed by atoms with Gasteiger partial charge in [0.15, 0.2) is 0 Å². The first kappa shape index (κ1) is 7.93. The third-order valence-electron chi connectivity index (χ3n) is 1.83. The second-order valence-corrected chi connectivity index (χ2v) is 3.11. The van der Waals surface area contributed by atoms with Gasteiger partial charge in [-0.05, 0) is 12.5 Å². The van der Waals surface area contributed by atoms with Crippen LogP contribution in [-0.4, -0.2) is 12.5 Å². The van der Waals surface area contributed by atoms with E-state index in [1.54, 1.807) is 0 Å². The van der Waals surface area contributed by atoms with Crippen molar-refractivity contribution >= 4 is 11.6 Å². The summed E-state index contributed by atoms with van der Waals surface area (Å²) in [7, 11) is 0. The van der Waals surface area contributed by atoms with E-state index in [2.05, 4.69) is 13.8 Å². The quantitative estimate of drug-likeness (QED) is 0.565. The highest BCUT2D eigenvalue weighted by molar-refractivity contribution is 6.18. The topological polar surface area (TPSA) is 9.23 Å². The molecule has 1 atom stereocenters. The van der Waals surface area contributed by atoms with Gasteiger partial charge in [0.25, 0.3) is 0 Å². The molecule has 0 saturated heterocycles. The van der Waals surface area contributed by atoms with Gasteiger partial charge >= 0.3 is 0 Å². The number of hydrogen-bond donors (Lipinski definition) is 0. The van der Waals surface area contributed by atoms with Crippen molar-refractivity contribution in [3.8, 4) is 0 Å². The minimum absolute atomic E-state index is 0.393. The summed E-state index contributed by atoms with van der Waals surface area (Å²) in [4.78, 5) is 0. The molecule has 0 bridgehead atoms. The summed E-state index contributed by atoms with van der Waals surface area (Å²) < 4.78 is 5.41. The molecule has 58 valence electrons. The number of ether oxygens (including phenoxy) is 1. The lowest BCUT2D eigenvalue weighted by Gasteiger charge is -2.09. The Morgan fingerprint density at radius 3 is 2.80 bits per heavy atom. The fourth-order valence-electron chi connectivity index (χ4n) is 1.19. The Balaban J connectivity index is 2.61. The van der Waals surface area contributed by atoms with Crippen molar-refractivity contribution in [2.24, 2.45) is 5.92 Å². The van der Waals surface area contributed by atoms with Gasteiger partial charge in [0, 0.05) is 18.2 Å². The minimum atomic E-state index is 0.393. The van der Waals surface area contributed by atoms with Crippen molar-refractivity contribution in [2.75, 3.05) is 12.5 Å². The second-order valence-electron chi connectivity index (χ2n) is 2.80. The van der Waals surface area contributed by atoms with E-state index in [0.717, 1.165) is 18.8 Å². The van der Waals surface area contributed by atoms with Crippen molar-refractivity contribution in [1.29, 1.82) is 0 Å². The molecule has 0 N–H and O–H groups in total. The molecule has 0 aromatic carbocycles. The molecule has 1 aliphatic rings. The van der Waals surface area contributed by atoms with Crippen molar-refractivity contribution in [1.82, 2.24) is 0 Å². The largest absolute Gasteiger partial charge is 0.497 e. The Labute approximate surface area is 67.0 Å². The molecule has 0 saturated carbocycles. The Bertz CT molecular complexity index is 151. The molecule has 0 aromatic rings. The number of rotatable bonds is 2. The van der Waals surface area contributed by atoms with Crippen molar-refractivity contribution in [3.63, 3.8) is 0 Å². The fraction of sp³-hybridized carbons (Fsp3) is 0.750. The predicted molar refractivity (Wildman–Crippen MR) is 43.2 cm³/mol. The van der Waals surface area contributed by atoms with E-state index in [1.807, 2.05) is 0 Å². The average Bonchev–Trinajstić information content (AvgIpc) is 2.34. The van der Waals surface area contributed by atoms with Crippen LogP contribution in [0.2, 0.25) is 0 Å². The maximum atomic E-state index is 5.68. The number of alkyl halides is 1. The maximum absolute atomic E-state index is 5.68. The van der Waals surface area contributed by atoms with E-state index in [1.165, 1.54) is 5.57 Å². The van der Waals surface area contributed by atoms with E-state index >= 15 is 0 Å². The lowest BCUT2D eigenvalue weighted by Crippen LogP contribution is -2.02. The SMILES string of the molecule is CC1=C([C@@H](C)CCl)OCC1. The Morgan fingerprint density at radius 2 is 2.40 bits per heavy atom. The summed E-state index contributed by atoms with van der Waals surface area (Å²) in [6.07, 6.45) is 1.08. The van der Waals surface area contributed by atoms with Crippen molar-refractivity contribution in [2.45, 2.75) is 20.3 Å². The molecule has 2 heteroatoms. The molecule has 1 aliphatic heterocycles. The zero-order valence-corrected chi connectivity index (χ0v) is 7.24. The molecule has 1 heterocycles. The van der Waals surface area contributed by atoms with Gasteiger partial charge in [-0.2, -0.15) is 0 Å². The Kier molecular flexibility index (Phi) is 2.61. The van der Waals surface area contributed by atoms with Crippen LogP contribution in [0.3, 0.4) is 0 Å². The van der Waals surface area contributed by atoms with E-state index in [-0.39, 0.29) is 0 Å². The number of hydrogen-bond acceptors (Lipinski definition) is 1. The molecular formula is C8H13ClO. The molecule has 1 rings (SSSR count). The first-order valence-corrected chi connectivity index (χ1v) is 4.17. The van der Waals surface area contributed by atoms with Crippen LogP contribution in [0.5, 0.6) is 0 Å². The van der Waals surface area contributed by atoms with Gasteiger partial charge in [0.2, 0.25) is 0 Å². The summed E-state index contributed by atoms with van der Waals surface area (Å²) >= 11 is 5.68. The highest BCUT2D eigenvalue weighted by Crippen LogP contribution is 2.25. The molecule has 0 aromatic heterocycles. The summed E-state index contributed by atoms with van der Waals surface area (Å²) in [6, 6.07) is 0. The van der Waals surface area contributed by atoms with Crippen LogP contribution in [0.1, 0.15) is 20.3 Å². The van der Waals surface area contributed by atoms with E-state index in [4.69, 9.17) is 16.3 Å². The van der Waals surface area contributed by atoms with Crippen LogP contribution in [0.15, 0.2) is 11.3 Å². The van der Waals surface area contributed by atoms with Crippen LogP contribution < -0.4 is 0 Å². The molecule has 1 nitrogen and oxygen atoms in total. The van der Waals surface area contributed by atoms with Gasteiger partial charge < -0.3 is 4.74 Å². The van der Waals surface area contributed by atoms with Crippen LogP contribution >= 0.6 is 11.6 Å². The summed E-state index contributed by atoms with van der Waals surface area (Å²) in [6.45, 7) is 5.06. The van der Waals surface area contributed by atoms with Crippen molar-refractivity contribution < 1.29 is 4.74 Å². The molecule has 0 amide bonds. The van der Waals surface area contributed by atoms with Crippen LogP contribution in [0.4, 0.5) is 0 Å². The molecule has 0 aliphatic carbocycles. The molecule has 10 heavy (non-hydrogen) atoms. The predicted octanol–water partition coefficient (Wildman–Crippen LogP) is 2.56. The van der Waals surface area contributed by atoms with E-state index < -0.39 is 0 Å². The van der Waals surface area contributed by atoms with E-state index in [0.29, 0.717) is 11.8 Å². The normalized spacial score (nSPS) is 21.1. The number of allylic oxidation sites excluding steroid dienone is 1. The number of halogens is 1. The maximum Gasteiger partial charge on any atom is 0.0990 e. The molecule has 0 radical (unpaired) electrons. The zero-order valence-electron chi connectivity index (χ0n) is 6.48. The van der Waals surface area contributed by atoms with Crippen LogP contribution in [-0.2, 0) is 4.74 Å². The standard InChI is InChI=1S/C8H13ClO/c1-6-3-4-10-8(6)7(2)5-9/h7H,3-5H2,1-2H3/t7-/m0/s1. The zero-order chi connectivity index (χ0) is 7.56. The molecule has 0 fully saturated rings. The van der Waals surface area contributed by atoms with Gasteiger partial charge in [0.1, 0.15) is 0 Å². The van der Waals surface area contributed by atoms with Crippen molar-refractivity contribution in [3.05, 3.63) is 11.3 Å². The molecule has 0 spiro atoms. The van der Waals surface area contributed by atoms with Gasteiger partial charge in [-0.25, -0.2) is 0 Å². The van der Waals surface area contributed by atoms with Gasteiger partial charge in [-0.3, -0.25) is 0 Å². The summed E-state index contributed by atoms with van der Waals surface area (Å²) in [5.74, 6) is 2.17. The monoisotopic (exact) mass is 160 g/mol. The smallest absolute Gasteiger partial charge is 0.0990 e. The van der Waals surface area contributed by atoms with Gasteiger partial charge in [0.05, 0.1) is 12.4 Å².